The molecule has 0 atom stereocenters. The molecule has 1 aromatic heterocycles. The molecular formula is C8H8F3N3O2S2. The van der Waals surface area contributed by atoms with E-state index >= 15 is 0 Å². The predicted octanol–water partition coefficient (Wildman–Crippen LogP) is 1.13. The first-order valence-corrected chi connectivity index (χ1v) is 6.48. The van der Waals surface area contributed by atoms with Crippen molar-refractivity contribution in [1.82, 2.24) is 4.98 Å². The Hall–Kier alpha value is -1.42. The summed E-state index contributed by atoms with van der Waals surface area (Å²) < 4.78 is 61.3. The summed E-state index contributed by atoms with van der Waals surface area (Å²) in [6.45, 7) is 0. The standard InChI is InChI=1S/C8H8F3N3O2S2/c9-8(10,11)6-2-1-5(3-13-6)14-18(15,16)4-7(12)17/h1-3,14H,4H2,(H2,12,17). The Morgan fingerprint density at radius 2 is 2.06 bits per heavy atom. The second kappa shape index (κ2) is 5.06. The molecule has 0 saturated heterocycles. The number of anilines is 1. The molecule has 0 bridgehead atoms. The molecule has 0 aliphatic rings. The van der Waals surface area contributed by atoms with E-state index in [1.165, 1.54) is 0 Å². The summed E-state index contributed by atoms with van der Waals surface area (Å²) in [6, 6.07) is 1.62. The van der Waals surface area contributed by atoms with Crippen LogP contribution in [-0.4, -0.2) is 24.1 Å². The first kappa shape index (κ1) is 14.6. The van der Waals surface area contributed by atoms with Crippen molar-refractivity contribution in [1.29, 1.82) is 0 Å². The normalized spacial score (nSPS) is 12.2. The van der Waals surface area contributed by atoms with Crippen LogP contribution in [-0.2, 0) is 16.2 Å². The monoisotopic (exact) mass is 299 g/mol. The third-order valence-corrected chi connectivity index (χ3v) is 3.22. The van der Waals surface area contributed by atoms with Crippen LogP contribution in [0.3, 0.4) is 0 Å². The van der Waals surface area contributed by atoms with Crippen LogP contribution in [0.2, 0.25) is 0 Å². The van der Waals surface area contributed by atoms with E-state index in [0.717, 1.165) is 12.3 Å². The van der Waals surface area contributed by atoms with Crippen molar-refractivity contribution in [2.45, 2.75) is 6.18 Å². The molecular weight excluding hydrogens is 291 g/mol. The summed E-state index contributed by atoms with van der Waals surface area (Å²) >= 11 is 4.42. The van der Waals surface area contributed by atoms with E-state index in [-0.39, 0.29) is 10.7 Å². The van der Waals surface area contributed by atoms with Gasteiger partial charge >= 0.3 is 6.18 Å². The van der Waals surface area contributed by atoms with Crippen molar-refractivity contribution in [2.75, 3.05) is 10.5 Å². The van der Waals surface area contributed by atoms with Gasteiger partial charge in [-0.25, -0.2) is 13.4 Å². The third kappa shape index (κ3) is 4.45. The summed E-state index contributed by atoms with van der Waals surface area (Å²) in [5.41, 5.74) is 3.85. The molecule has 5 nitrogen and oxygen atoms in total. The fraction of sp³-hybridized carbons (Fsp3) is 0.250. The van der Waals surface area contributed by atoms with Crippen LogP contribution in [0.5, 0.6) is 0 Å². The van der Waals surface area contributed by atoms with E-state index < -0.39 is 27.6 Å². The van der Waals surface area contributed by atoms with Gasteiger partial charge in [0.15, 0.2) is 0 Å². The predicted molar refractivity (Wildman–Crippen MR) is 63.4 cm³/mol. The highest BCUT2D eigenvalue weighted by Gasteiger charge is 2.32. The van der Waals surface area contributed by atoms with Gasteiger partial charge in [0.05, 0.1) is 16.9 Å². The van der Waals surface area contributed by atoms with Crippen LogP contribution in [0.1, 0.15) is 5.69 Å². The number of sulfonamides is 1. The molecule has 10 heteroatoms. The minimum Gasteiger partial charge on any atom is -0.392 e. The van der Waals surface area contributed by atoms with E-state index in [0.29, 0.717) is 6.07 Å². The molecule has 1 aromatic rings. The van der Waals surface area contributed by atoms with Crippen LogP contribution >= 0.6 is 12.2 Å². The highest BCUT2D eigenvalue weighted by molar-refractivity contribution is 7.95. The molecule has 0 fully saturated rings. The molecule has 1 heterocycles. The number of thiocarbonyl (C=S) groups is 1. The first-order chi connectivity index (χ1) is 8.10. The van der Waals surface area contributed by atoms with Crippen molar-refractivity contribution in [3.05, 3.63) is 24.0 Å². The molecule has 0 unspecified atom stereocenters. The maximum Gasteiger partial charge on any atom is 0.433 e. The lowest BCUT2D eigenvalue weighted by Gasteiger charge is -2.08. The van der Waals surface area contributed by atoms with Crippen LogP contribution in [0.15, 0.2) is 18.3 Å². The third-order valence-electron chi connectivity index (χ3n) is 1.66. The number of nitrogens with one attached hydrogen (secondary N) is 1. The van der Waals surface area contributed by atoms with Crippen molar-refractivity contribution in [3.8, 4) is 0 Å². The highest BCUT2D eigenvalue weighted by atomic mass is 32.2. The second-order valence-corrected chi connectivity index (χ2v) is 5.50. The number of halogens is 3. The molecule has 0 aliphatic carbocycles. The Morgan fingerprint density at radius 3 is 2.44 bits per heavy atom. The van der Waals surface area contributed by atoms with Gasteiger partial charge in [-0.3, -0.25) is 4.72 Å². The Balaban J connectivity index is 2.85. The second-order valence-electron chi connectivity index (χ2n) is 3.26. The zero-order valence-electron chi connectivity index (χ0n) is 8.73. The van der Waals surface area contributed by atoms with Gasteiger partial charge in [-0.15, -0.1) is 0 Å². The van der Waals surface area contributed by atoms with Crippen LogP contribution in [0, 0.1) is 0 Å². The highest BCUT2D eigenvalue weighted by Crippen LogP contribution is 2.27. The molecule has 0 radical (unpaired) electrons. The number of hydrogen-bond acceptors (Lipinski definition) is 4. The van der Waals surface area contributed by atoms with E-state index in [1.807, 2.05) is 4.72 Å². The fourth-order valence-electron chi connectivity index (χ4n) is 1.02. The van der Waals surface area contributed by atoms with Crippen molar-refractivity contribution in [3.63, 3.8) is 0 Å². The summed E-state index contributed by atoms with van der Waals surface area (Å²) in [4.78, 5) is 2.85. The van der Waals surface area contributed by atoms with Crippen LogP contribution in [0.25, 0.3) is 0 Å². The molecule has 3 N–H and O–H groups in total. The molecule has 0 saturated carbocycles. The van der Waals surface area contributed by atoms with Crippen molar-refractivity contribution >= 4 is 32.9 Å². The topological polar surface area (TPSA) is 85.1 Å². The Kier molecular flexibility index (Phi) is 4.12. The van der Waals surface area contributed by atoms with Gasteiger partial charge in [0, 0.05) is 0 Å². The van der Waals surface area contributed by atoms with Gasteiger partial charge in [-0.1, -0.05) is 12.2 Å². The zero-order chi connectivity index (χ0) is 14.0. The lowest BCUT2D eigenvalue weighted by atomic mass is 10.3. The minimum atomic E-state index is -4.57. The average molecular weight is 299 g/mol. The maximum absolute atomic E-state index is 12.2. The number of nitrogens with zero attached hydrogens (tertiary/aromatic N) is 1. The molecule has 100 valence electrons. The summed E-state index contributed by atoms with van der Waals surface area (Å²) in [6.07, 6.45) is -3.81. The number of aromatic nitrogens is 1. The molecule has 18 heavy (non-hydrogen) atoms. The molecule has 0 aromatic carbocycles. The van der Waals surface area contributed by atoms with E-state index in [1.54, 1.807) is 0 Å². The Morgan fingerprint density at radius 1 is 1.44 bits per heavy atom. The number of hydrogen-bond donors (Lipinski definition) is 2. The number of pyridine rings is 1. The zero-order valence-corrected chi connectivity index (χ0v) is 10.4. The lowest BCUT2D eigenvalue weighted by molar-refractivity contribution is -0.141. The van der Waals surface area contributed by atoms with Gasteiger partial charge in [-0.05, 0) is 12.1 Å². The molecule has 1 rings (SSSR count). The number of alkyl halides is 3. The van der Waals surface area contributed by atoms with Crippen LogP contribution in [0.4, 0.5) is 18.9 Å². The first-order valence-electron chi connectivity index (χ1n) is 4.42. The molecule has 0 spiro atoms. The Labute approximate surface area is 106 Å². The van der Waals surface area contributed by atoms with Crippen molar-refractivity contribution < 1.29 is 21.6 Å². The van der Waals surface area contributed by atoms with Gasteiger partial charge in [0.25, 0.3) is 0 Å². The summed E-state index contributed by atoms with van der Waals surface area (Å²) in [5.74, 6) is -0.594. The van der Waals surface area contributed by atoms with E-state index in [2.05, 4.69) is 17.2 Å². The van der Waals surface area contributed by atoms with Gasteiger partial charge < -0.3 is 5.73 Å². The van der Waals surface area contributed by atoms with Gasteiger partial charge in [-0.2, -0.15) is 13.2 Å². The SMILES string of the molecule is NC(=S)CS(=O)(=O)Nc1ccc(C(F)(F)F)nc1. The average Bonchev–Trinajstić information content (AvgIpc) is 2.13. The fourth-order valence-corrected chi connectivity index (χ4v) is 2.42. The van der Waals surface area contributed by atoms with Gasteiger partial charge in [0.1, 0.15) is 11.4 Å². The lowest BCUT2D eigenvalue weighted by Crippen LogP contribution is -2.26. The summed E-state index contributed by atoms with van der Waals surface area (Å²) in [7, 11) is -3.82. The number of nitrogens with two attached hydrogens (primary N) is 1. The largest absolute Gasteiger partial charge is 0.433 e. The van der Waals surface area contributed by atoms with Crippen LogP contribution < -0.4 is 10.5 Å². The number of rotatable bonds is 4. The van der Waals surface area contributed by atoms with E-state index in [4.69, 9.17) is 5.73 Å². The van der Waals surface area contributed by atoms with Gasteiger partial charge in [0.2, 0.25) is 10.0 Å². The Bertz CT molecular complexity index is 540. The molecule has 0 amide bonds. The quantitative estimate of drug-likeness (QED) is 0.814. The molecule has 0 aliphatic heterocycles. The smallest absolute Gasteiger partial charge is 0.392 e. The van der Waals surface area contributed by atoms with E-state index in [9.17, 15) is 21.6 Å². The maximum atomic E-state index is 12.2. The summed E-state index contributed by atoms with van der Waals surface area (Å²) in [5, 5.41) is 0. The minimum absolute atomic E-state index is 0.0979. The van der Waals surface area contributed by atoms with Crippen molar-refractivity contribution in [2.24, 2.45) is 5.73 Å².